The zero-order valence-corrected chi connectivity index (χ0v) is 20.4. The van der Waals surface area contributed by atoms with E-state index in [1.807, 2.05) is 6.07 Å². The molecule has 3 rings (SSSR count). The molecule has 2 aliphatic rings. The van der Waals surface area contributed by atoms with Gasteiger partial charge >= 0.3 is 6.18 Å². The number of carbonyl (C=O) groups is 3. The van der Waals surface area contributed by atoms with E-state index >= 15 is 0 Å². The molecule has 10 heteroatoms. The highest BCUT2D eigenvalue weighted by Crippen LogP contribution is 2.26. The average Bonchev–Trinajstić information content (AvgIpc) is 2.86. The molecule has 7 nitrogen and oxygen atoms in total. The number of piperidine rings is 2. The van der Waals surface area contributed by atoms with Crippen molar-refractivity contribution in [3.8, 4) is 0 Å². The van der Waals surface area contributed by atoms with Gasteiger partial charge in [-0.2, -0.15) is 13.2 Å². The molecule has 2 fully saturated rings. The number of halogens is 3. The molecule has 194 valence electrons. The van der Waals surface area contributed by atoms with Crippen molar-refractivity contribution in [1.29, 1.82) is 0 Å². The standard InChI is InChI=1S/C25H35F3N4O3/c1-3-21(25(26,27)28)29-23(34)18-9-13-31(14-10-18)20-11-15-32(16-12-20)22(33)17-30(2)24(35)19-7-5-4-6-8-19/h4-8,18,20-21H,3,9-17H2,1-2H3,(H,29,34). The molecule has 0 aromatic heterocycles. The lowest BCUT2D eigenvalue weighted by Crippen LogP contribution is -2.52. The molecule has 0 saturated carbocycles. The maximum Gasteiger partial charge on any atom is 0.408 e. The number of hydrogen-bond acceptors (Lipinski definition) is 4. The second kappa shape index (κ2) is 11.9. The third-order valence-electron chi connectivity index (χ3n) is 7.09. The third-order valence-corrected chi connectivity index (χ3v) is 7.09. The molecule has 3 amide bonds. The number of rotatable bonds is 7. The summed E-state index contributed by atoms with van der Waals surface area (Å²) >= 11 is 0. The molecule has 1 atom stereocenters. The van der Waals surface area contributed by atoms with Gasteiger partial charge in [-0.1, -0.05) is 25.1 Å². The van der Waals surface area contributed by atoms with E-state index in [1.165, 1.54) is 11.8 Å². The van der Waals surface area contributed by atoms with Crippen LogP contribution in [0.4, 0.5) is 13.2 Å². The number of likely N-dealkylation sites (tertiary alicyclic amines) is 2. The second-order valence-electron chi connectivity index (χ2n) is 9.46. The molecule has 2 aliphatic heterocycles. The molecule has 0 spiro atoms. The molecule has 0 aliphatic carbocycles. The summed E-state index contributed by atoms with van der Waals surface area (Å²) in [5, 5.41) is 2.17. The predicted octanol–water partition coefficient (Wildman–Crippen LogP) is 2.92. The van der Waals surface area contributed by atoms with Crippen LogP contribution in [-0.2, 0) is 9.59 Å². The second-order valence-corrected chi connectivity index (χ2v) is 9.46. The Hall–Kier alpha value is -2.62. The number of nitrogens with one attached hydrogen (secondary N) is 1. The highest BCUT2D eigenvalue weighted by atomic mass is 19.4. The normalized spacial score (nSPS) is 19.3. The van der Waals surface area contributed by atoms with Gasteiger partial charge in [0.2, 0.25) is 11.8 Å². The maximum atomic E-state index is 13.0. The van der Waals surface area contributed by atoms with Gasteiger partial charge in [0.05, 0.1) is 6.54 Å². The van der Waals surface area contributed by atoms with Crippen molar-refractivity contribution in [2.45, 2.75) is 57.3 Å². The fourth-order valence-corrected chi connectivity index (χ4v) is 4.89. The van der Waals surface area contributed by atoms with Gasteiger partial charge in [0.1, 0.15) is 6.04 Å². The first-order valence-corrected chi connectivity index (χ1v) is 12.3. The lowest BCUT2D eigenvalue weighted by Gasteiger charge is -2.42. The Balaban J connectivity index is 1.40. The predicted molar refractivity (Wildman–Crippen MR) is 126 cm³/mol. The van der Waals surface area contributed by atoms with Gasteiger partial charge in [0.25, 0.3) is 5.91 Å². The summed E-state index contributed by atoms with van der Waals surface area (Å²) in [6.45, 7) is 3.96. The summed E-state index contributed by atoms with van der Waals surface area (Å²) in [7, 11) is 1.62. The molecule has 2 saturated heterocycles. The monoisotopic (exact) mass is 496 g/mol. The van der Waals surface area contributed by atoms with Crippen LogP contribution in [0.1, 0.15) is 49.4 Å². The Morgan fingerprint density at radius 1 is 1.03 bits per heavy atom. The number of hydrogen-bond donors (Lipinski definition) is 1. The van der Waals surface area contributed by atoms with Gasteiger partial charge in [-0.15, -0.1) is 0 Å². The Morgan fingerprint density at radius 3 is 2.17 bits per heavy atom. The highest BCUT2D eigenvalue weighted by Gasteiger charge is 2.41. The summed E-state index contributed by atoms with van der Waals surface area (Å²) < 4.78 is 38.9. The van der Waals surface area contributed by atoms with Crippen LogP contribution in [0.15, 0.2) is 30.3 Å². The number of nitrogens with zero attached hydrogens (tertiary/aromatic N) is 3. The fourth-order valence-electron chi connectivity index (χ4n) is 4.89. The lowest BCUT2D eigenvalue weighted by atomic mass is 9.92. The Morgan fingerprint density at radius 2 is 1.63 bits per heavy atom. The minimum atomic E-state index is -4.43. The van der Waals surface area contributed by atoms with E-state index in [0.717, 1.165) is 12.8 Å². The summed E-state index contributed by atoms with van der Waals surface area (Å²) in [4.78, 5) is 43.1. The molecule has 1 unspecified atom stereocenters. The molecule has 0 bridgehead atoms. The first kappa shape index (κ1) is 27.0. The molecule has 2 heterocycles. The van der Waals surface area contributed by atoms with E-state index in [2.05, 4.69) is 10.2 Å². The van der Waals surface area contributed by atoms with Crippen LogP contribution in [0, 0.1) is 5.92 Å². The van der Waals surface area contributed by atoms with Crippen LogP contribution in [0.2, 0.25) is 0 Å². The fraction of sp³-hybridized carbons (Fsp3) is 0.640. The van der Waals surface area contributed by atoms with Gasteiger partial charge in [-0.25, -0.2) is 0 Å². The van der Waals surface area contributed by atoms with Gasteiger partial charge in [-0.3, -0.25) is 14.4 Å². The zero-order chi connectivity index (χ0) is 25.6. The smallest absolute Gasteiger partial charge is 0.344 e. The molecule has 35 heavy (non-hydrogen) atoms. The zero-order valence-electron chi connectivity index (χ0n) is 20.4. The summed E-state index contributed by atoms with van der Waals surface area (Å²) in [6.07, 6.45) is -1.95. The largest absolute Gasteiger partial charge is 0.408 e. The van der Waals surface area contributed by atoms with Crippen LogP contribution in [0.3, 0.4) is 0 Å². The first-order chi connectivity index (χ1) is 16.6. The van der Waals surface area contributed by atoms with Crippen molar-refractivity contribution in [1.82, 2.24) is 20.0 Å². The van der Waals surface area contributed by atoms with Gasteiger partial charge in [0.15, 0.2) is 0 Å². The van der Waals surface area contributed by atoms with Crippen molar-refractivity contribution in [3.63, 3.8) is 0 Å². The molecule has 1 aromatic rings. The highest BCUT2D eigenvalue weighted by molar-refractivity contribution is 5.96. The minimum Gasteiger partial charge on any atom is -0.344 e. The van der Waals surface area contributed by atoms with Crippen LogP contribution in [-0.4, -0.2) is 90.5 Å². The van der Waals surface area contributed by atoms with Crippen LogP contribution in [0.5, 0.6) is 0 Å². The van der Waals surface area contributed by atoms with Gasteiger partial charge in [0, 0.05) is 37.7 Å². The van der Waals surface area contributed by atoms with E-state index in [4.69, 9.17) is 0 Å². The SMILES string of the molecule is CCC(NC(=O)C1CCN(C2CCN(C(=O)CN(C)C(=O)c3ccccc3)CC2)CC1)C(F)(F)F. The lowest BCUT2D eigenvalue weighted by molar-refractivity contribution is -0.163. The van der Waals surface area contributed by atoms with Crippen molar-refractivity contribution >= 4 is 17.7 Å². The molecule has 1 aromatic carbocycles. The summed E-state index contributed by atoms with van der Waals surface area (Å²) in [6, 6.07) is 7.34. The van der Waals surface area contributed by atoms with Crippen molar-refractivity contribution < 1.29 is 27.6 Å². The Kier molecular flexibility index (Phi) is 9.15. The van der Waals surface area contributed by atoms with Crippen molar-refractivity contribution in [3.05, 3.63) is 35.9 Å². The maximum absolute atomic E-state index is 13.0. The van der Waals surface area contributed by atoms with E-state index in [1.54, 1.807) is 36.2 Å². The van der Waals surface area contributed by atoms with Crippen LogP contribution in [0.25, 0.3) is 0 Å². The number of amides is 3. The number of alkyl halides is 3. The number of likely N-dealkylation sites (N-methyl/N-ethyl adjacent to an activating group) is 1. The average molecular weight is 497 g/mol. The summed E-state index contributed by atoms with van der Waals surface area (Å²) in [5.41, 5.74) is 0.544. The van der Waals surface area contributed by atoms with Crippen molar-refractivity contribution in [2.24, 2.45) is 5.92 Å². The van der Waals surface area contributed by atoms with E-state index < -0.39 is 24.0 Å². The van der Waals surface area contributed by atoms with Crippen LogP contribution < -0.4 is 5.32 Å². The van der Waals surface area contributed by atoms with Crippen LogP contribution >= 0.6 is 0 Å². The van der Waals surface area contributed by atoms with E-state index in [-0.39, 0.29) is 30.8 Å². The van der Waals surface area contributed by atoms with Gasteiger partial charge in [-0.05, 0) is 57.3 Å². The number of benzene rings is 1. The summed E-state index contributed by atoms with van der Waals surface area (Å²) in [5.74, 6) is -1.19. The molecular weight excluding hydrogens is 461 g/mol. The molecule has 0 radical (unpaired) electrons. The molecular formula is C25H35F3N4O3. The molecule has 1 N–H and O–H groups in total. The van der Waals surface area contributed by atoms with Crippen molar-refractivity contribution in [2.75, 3.05) is 39.8 Å². The topological polar surface area (TPSA) is 73.0 Å². The Labute approximate surface area is 204 Å². The minimum absolute atomic E-state index is 0.0234. The quantitative estimate of drug-likeness (QED) is 0.630. The van der Waals surface area contributed by atoms with E-state index in [9.17, 15) is 27.6 Å². The Bertz CT molecular complexity index is 864. The van der Waals surface area contributed by atoms with Gasteiger partial charge < -0.3 is 20.0 Å². The third kappa shape index (κ3) is 7.19. The number of carbonyl (C=O) groups excluding carboxylic acids is 3. The van der Waals surface area contributed by atoms with E-state index in [0.29, 0.717) is 44.6 Å². The first-order valence-electron chi connectivity index (χ1n) is 12.3.